The quantitative estimate of drug-likeness (QED) is 0.633. The van der Waals surface area contributed by atoms with Crippen molar-refractivity contribution >= 4 is 0 Å². The van der Waals surface area contributed by atoms with Crippen molar-refractivity contribution in [3.8, 4) is 0 Å². The van der Waals surface area contributed by atoms with Crippen LogP contribution in [-0.4, -0.2) is 31.5 Å². The number of ether oxygens (including phenoxy) is 1. The Morgan fingerprint density at radius 3 is 1.87 bits per heavy atom. The van der Waals surface area contributed by atoms with E-state index in [1.807, 2.05) is 0 Å². The van der Waals surface area contributed by atoms with Gasteiger partial charge in [0.25, 0.3) is 0 Å². The maximum Gasteiger partial charge on any atom is 0.482 e. The molecular weight excluding hydrogens is 245 g/mol. The van der Waals surface area contributed by atoms with Crippen molar-refractivity contribution in [3.05, 3.63) is 0 Å². The van der Waals surface area contributed by atoms with Gasteiger partial charge in [0.05, 0.1) is 6.10 Å². The van der Waals surface area contributed by atoms with E-state index >= 15 is 0 Å². The summed E-state index contributed by atoms with van der Waals surface area (Å²) < 4.78 is 63.5. The molecule has 0 aromatic carbocycles. The third kappa shape index (κ3) is 4.08. The lowest BCUT2D eigenvalue weighted by Gasteiger charge is -2.28. The zero-order valence-corrected chi connectivity index (χ0v) is 8.34. The zero-order valence-electron chi connectivity index (χ0n) is 7.58. The highest BCUT2D eigenvalue weighted by Gasteiger charge is 2.60. The molecule has 0 aliphatic carbocycles. The Bertz CT molecular complexity index is 192. The zero-order chi connectivity index (χ0) is 10.8. The summed E-state index contributed by atoms with van der Waals surface area (Å²) in [7, 11) is 0. The van der Waals surface area contributed by atoms with Gasteiger partial charge in [0.15, 0.2) is 0 Å². The fourth-order valence-corrected chi connectivity index (χ4v) is 1.19. The molecule has 0 bridgehead atoms. The fourth-order valence-electron chi connectivity index (χ4n) is 1.19. The first-order valence-corrected chi connectivity index (χ1v) is 4.16. The summed E-state index contributed by atoms with van der Waals surface area (Å²) >= 11 is 0. The number of hydrogen-bond acceptors (Lipinski definition) is 2. The number of rotatable bonds is 2. The molecule has 0 spiro atoms. The normalized spacial score (nSPS) is 19.8. The third-order valence-electron chi connectivity index (χ3n) is 1.93. The monoisotopic (exact) mass is 254 g/mol. The minimum atomic E-state index is -5.63. The van der Waals surface area contributed by atoms with Gasteiger partial charge in [0.1, 0.15) is 0 Å². The van der Waals surface area contributed by atoms with Crippen LogP contribution in [0, 0.1) is 0 Å². The predicted octanol–water partition coefficient (Wildman–Crippen LogP) is -1.09. The minimum Gasteiger partial charge on any atom is -1.00 e. The number of alkyl halides is 5. The van der Waals surface area contributed by atoms with Crippen molar-refractivity contribution in [3.63, 3.8) is 0 Å². The molecule has 1 N–H and O–H groups in total. The lowest BCUT2D eigenvalue weighted by atomic mass is 10.1. The van der Waals surface area contributed by atoms with E-state index in [1.165, 1.54) is 0 Å². The van der Waals surface area contributed by atoms with Crippen LogP contribution in [-0.2, 0) is 4.74 Å². The molecule has 0 radical (unpaired) electrons. The summed E-state index contributed by atoms with van der Waals surface area (Å²) in [6.07, 6.45) is -11.3. The number of piperidine rings is 1. The smallest absolute Gasteiger partial charge is 0.482 e. The maximum absolute atomic E-state index is 12.3. The number of hydrogen-bond donors (Lipinski definition) is 1. The van der Waals surface area contributed by atoms with Gasteiger partial charge in [-0.05, 0) is 25.9 Å². The molecule has 8 heteroatoms. The molecule has 0 amide bonds. The Morgan fingerprint density at radius 2 is 1.47 bits per heavy atom. The van der Waals surface area contributed by atoms with E-state index in [-0.39, 0.29) is 25.2 Å². The number of halogens is 6. The van der Waals surface area contributed by atoms with Crippen LogP contribution in [0.3, 0.4) is 0 Å². The van der Waals surface area contributed by atoms with Gasteiger partial charge in [0.2, 0.25) is 0 Å². The highest BCUT2D eigenvalue weighted by molar-refractivity contribution is 4.73. The molecule has 1 heterocycles. The average molecular weight is 255 g/mol. The lowest BCUT2D eigenvalue weighted by molar-refractivity contribution is -0.403. The van der Waals surface area contributed by atoms with Crippen molar-refractivity contribution in [1.82, 2.24) is 5.32 Å². The molecule has 1 fully saturated rings. The molecule has 15 heavy (non-hydrogen) atoms. The molecule has 1 aliphatic rings. The highest BCUT2D eigenvalue weighted by Crippen LogP contribution is 2.38. The maximum atomic E-state index is 12.3. The first-order valence-electron chi connectivity index (χ1n) is 4.16. The Hall–Kier alpha value is -0.140. The first kappa shape index (κ1) is 14.9. The fraction of sp³-hybridized carbons (Fsp3) is 1.00. The Kier molecular flexibility index (Phi) is 5.22. The Balaban J connectivity index is 0.00000196. The van der Waals surface area contributed by atoms with Gasteiger partial charge in [-0.25, -0.2) is 0 Å². The first-order chi connectivity index (χ1) is 6.33. The van der Waals surface area contributed by atoms with Crippen LogP contribution in [0.5, 0.6) is 0 Å². The van der Waals surface area contributed by atoms with Gasteiger partial charge in [-0.1, -0.05) is 0 Å². The van der Waals surface area contributed by atoms with Gasteiger partial charge in [0, 0.05) is 0 Å². The van der Waals surface area contributed by atoms with Crippen LogP contribution in [0.25, 0.3) is 0 Å². The van der Waals surface area contributed by atoms with E-state index in [9.17, 15) is 22.0 Å². The van der Waals surface area contributed by atoms with E-state index in [2.05, 4.69) is 10.1 Å². The van der Waals surface area contributed by atoms with Crippen LogP contribution in [0.4, 0.5) is 22.0 Å². The van der Waals surface area contributed by atoms with Crippen LogP contribution >= 0.6 is 0 Å². The van der Waals surface area contributed by atoms with Crippen LogP contribution in [0.1, 0.15) is 12.8 Å². The summed E-state index contributed by atoms with van der Waals surface area (Å²) in [6.45, 7) is 0.803. The Labute approximate surface area is 89.6 Å². The van der Waals surface area contributed by atoms with Crippen molar-refractivity contribution in [2.24, 2.45) is 0 Å². The standard InChI is InChI=1S/C7H10F5NO.ClH/c8-6(9,10)7(11,12)14-5-1-3-13-4-2-5;/h5,13H,1-4H2;1H/p-1. The highest BCUT2D eigenvalue weighted by atomic mass is 35.5. The summed E-state index contributed by atoms with van der Waals surface area (Å²) in [6, 6.07) is 0. The van der Waals surface area contributed by atoms with E-state index < -0.39 is 18.4 Å². The molecular formula is C7H10ClF5NO-. The second-order valence-electron chi connectivity index (χ2n) is 3.08. The molecule has 0 aromatic heterocycles. The molecule has 0 unspecified atom stereocenters. The average Bonchev–Trinajstić information content (AvgIpc) is 2.03. The second kappa shape index (κ2) is 5.27. The molecule has 2 nitrogen and oxygen atoms in total. The summed E-state index contributed by atoms with van der Waals surface area (Å²) in [4.78, 5) is 0. The largest absolute Gasteiger partial charge is 1.00 e. The third-order valence-corrected chi connectivity index (χ3v) is 1.93. The SMILES string of the molecule is FC(F)(F)C(F)(F)OC1CCNCC1.[Cl-]. The van der Waals surface area contributed by atoms with Crippen molar-refractivity contribution in [1.29, 1.82) is 0 Å². The summed E-state index contributed by atoms with van der Waals surface area (Å²) in [5, 5.41) is 2.83. The number of nitrogens with one attached hydrogen (secondary N) is 1. The van der Waals surface area contributed by atoms with E-state index in [0.717, 1.165) is 0 Å². The van der Waals surface area contributed by atoms with Gasteiger partial charge in [-0.3, -0.25) is 0 Å². The topological polar surface area (TPSA) is 21.3 Å². The van der Waals surface area contributed by atoms with E-state index in [1.54, 1.807) is 0 Å². The molecule has 0 atom stereocenters. The molecule has 1 rings (SSSR count). The molecule has 92 valence electrons. The van der Waals surface area contributed by atoms with E-state index in [0.29, 0.717) is 13.1 Å². The van der Waals surface area contributed by atoms with Crippen molar-refractivity contribution < 1.29 is 39.1 Å². The molecule has 1 saturated heterocycles. The minimum absolute atomic E-state index is 0. The van der Waals surface area contributed by atoms with Gasteiger partial charge < -0.3 is 22.5 Å². The molecule has 0 aromatic rings. The predicted molar refractivity (Wildman–Crippen MR) is 38.0 cm³/mol. The molecule has 0 saturated carbocycles. The molecule has 1 aliphatic heterocycles. The lowest BCUT2D eigenvalue weighted by Crippen LogP contribution is -3.00. The Morgan fingerprint density at radius 1 is 1.00 bits per heavy atom. The van der Waals surface area contributed by atoms with Crippen molar-refractivity contribution in [2.45, 2.75) is 31.2 Å². The van der Waals surface area contributed by atoms with Gasteiger partial charge >= 0.3 is 12.3 Å². The van der Waals surface area contributed by atoms with Gasteiger partial charge in [-0.15, -0.1) is 0 Å². The van der Waals surface area contributed by atoms with Crippen LogP contribution < -0.4 is 17.7 Å². The summed E-state index contributed by atoms with van der Waals surface area (Å²) in [5.41, 5.74) is 0. The van der Waals surface area contributed by atoms with Crippen LogP contribution in [0.2, 0.25) is 0 Å². The van der Waals surface area contributed by atoms with Crippen molar-refractivity contribution in [2.75, 3.05) is 13.1 Å². The van der Waals surface area contributed by atoms with Gasteiger partial charge in [-0.2, -0.15) is 22.0 Å². The van der Waals surface area contributed by atoms with E-state index in [4.69, 9.17) is 0 Å². The van der Waals surface area contributed by atoms with Crippen LogP contribution in [0.15, 0.2) is 0 Å². The second-order valence-corrected chi connectivity index (χ2v) is 3.08. The summed E-state index contributed by atoms with van der Waals surface area (Å²) in [5.74, 6) is 0.